The van der Waals surface area contributed by atoms with E-state index in [0.717, 1.165) is 21.7 Å². The van der Waals surface area contributed by atoms with Crippen LogP contribution in [0, 0.1) is 6.92 Å². The van der Waals surface area contributed by atoms with E-state index < -0.39 is 0 Å². The largest absolute Gasteiger partial charge is 0.351 e. The van der Waals surface area contributed by atoms with E-state index in [4.69, 9.17) is 0 Å². The molecule has 0 amide bonds. The molecule has 0 bridgehead atoms. The highest BCUT2D eigenvalue weighted by Crippen LogP contribution is 2.25. The van der Waals surface area contributed by atoms with Crippen LogP contribution in [0.25, 0.3) is 0 Å². The minimum Gasteiger partial charge on any atom is -0.351 e. The smallest absolute Gasteiger partial charge is 0.191 e. The van der Waals surface area contributed by atoms with Gasteiger partial charge in [-0.2, -0.15) is 0 Å². The highest BCUT2D eigenvalue weighted by Gasteiger charge is 2.17. The molecule has 0 aliphatic rings. The minimum atomic E-state index is 0.103. The number of nitrogens with zero attached hydrogens (tertiary/aromatic N) is 3. The summed E-state index contributed by atoms with van der Waals surface area (Å²) in [5.74, 6) is 0.762. The van der Waals surface area contributed by atoms with Gasteiger partial charge in [-0.05, 0) is 6.92 Å². The Labute approximate surface area is 139 Å². The number of aliphatic imine (C=N–C) groups is 1. The topological polar surface area (TPSA) is 62.2 Å². The molecule has 2 aromatic rings. The van der Waals surface area contributed by atoms with Crippen LogP contribution in [0.2, 0.25) is 0 Å². The Bertz CT molecular complexity index is 636. The van der Waals surface area contributed by atoms with E-state index in [-0.39, 0.29) is 5.41 Å². The second kappa shape index (κ2) is 7.19. The van der Waals surface area contributed by atoms with Crippen molar-refractivity contribution in [3.8, 4) is 0 Å². The second-order valence-electron chi connectivity index (χ2n) is 6.04. The van der Waals surface area contributed by atoms with Crippen molar-refractivity contribution in [2.45, 2.75) is 46.2 Å². The minimum absolute atomic E-state index is 0.103. The normalized spacial score (nSPS) is 12.5. The SMILES string of the molecule is CN=C(NCc1csc(C(C)(C)C)n1)NCc1ncc(C)s1. The van der Waals surface area contributed by atoms with Crippen LogP contribution in [0.4, 0.5) is 0 Å². The molecule has 0 saturated heterocycles. The molecule has 5 nitrogen and oxygen atoms in total. The number of rotatable bonds is 4. The Balaban J connectivity index is 1.85. The van der Waals surface area contributed by atoms with Gasteiger partial charge in [0.15, 0.2) is 5.96 Å². The molecule has 0 aromatic carbocycles. The Kier molecular flexibility index (Phi) is 5.52. The Morgan fingerprint density at radius 2 is 2.00 bits per heavy atom. The molecule has 0 unspecified atom stereocenters. The Morgan fingerprint density at radius 1 is 1.27 bits per heavy atom. The van der Waals surface area contributed by atoms with Crippen molar-refractivity contribution in [2.24, 2.45) is 4.99 Å². The highest BCUT2D eigenvalue weighted by molar-refractivity contribution is 7.11. The number of aromatic nitrogens is 2. The van der Waals surface area contributed by atoms with Crippen molar-refractivity contribution in [3.05, 3.63) is 32.2 Å². The monoisotopic (exact) mass is 337 g/mol. The number of aryl methyl sites for hydroxylation is 1. The van der Waals surface area contributed by atoms with E-state index in [1.54, 1.807) is 29.7 Å². The number of thiazole rings is 2. The van der Waals surface area contributed by atoms with Gasteiger partial charge in [0, 0.05) is 28.9 Å². The lowest BCUT2D eigenvalue weighted by atomic mass is 9.98. The second-order valence-corrected chi connectivity index (χ2v) is 8.22. The molecule has 120 valence electrons. The molecule has 0 aliphatic carbocycles. The van der Waals surface area contributed by atoms with Gasteiger partial charge >= 0.3 is 0 Å². The molecule has 0 fully saturated rings. The van der Waals surface area contributed by atoms with Crippen LogP contribution in [0.3, 0.4) is 0 Å². The fourth-order valence-corrected chi connectivity index (χ4v) is 3.40. The third-order valence-electron chi connectivity index (χ3n) is 2.93. The van der Waals surface area contributed by atoms with Crippen molar-refractivity contribution in [3.63, 3.8) is 0 Å². The number of hydrogen-bond acceptors (Lipinski definition) is 5. The van der Waals surface area contributed by atoms with E-state index in [2.05, 4.69) is 58.7 Å². The van der Waals surface area contributed by atoms with Crippen molar-refractivity contribution in [1.29, 1.82) is 0 Å². The fourth-order valence-electron chi connectivity index (χ4n) is 1.77. The molecule has 7 heteroatoms. The first-order valence-corrected chi connectivity index (χ1v) is 8.89. The fraction of sp³-hybridized carbons (Fsp3) is 0.533. The van der Waals surface area contributed by atoms with Crippen LogP contribution in [0.1, 0.15) is 41.4 Å². The van der Waals surface area contributed by atoms with Crippen molar-refractivity contribution >= 4 is 28.6 Å². The van der Waals surface area contributed by atoms with E-state index >= 15 is 0 Å². The summed E-state index contributed by atoms with van der Waals surface area (Å²) < 4.78 is 0. The van der Waals surface area contributed by atoms with Gasteiger partial charge in [0.2, 0.25) is 0 Å². The molecule has 22 heavy (non-hydrogen) atoms. The molecular weight excluding hydrogens is 314 g/mol. The quantitative estimate of drug-likeness (QED) is 0.665. The summed E-state index contributed by atoms with van der Waals surface area (Å²) in [4.78, 5) is 14.5. The van der Waals surface area contributed by atoms with Crippen molar-refractivity contribution < 1.29 is 0 Å². The summed E-state index contributed by atoms with van der Waals surface area (Å²) in [5.41, 5.74) is 1.15. The van der Waals surface area contributed by atoms with Gasteiger partial charge in [-0.25, -0.2) is 9.97 Å². The molecule has 0 saturated carbocycles. The summed E-state index contributed by atoms with van der Waals surface area (Å²) in [5, 5.41) is 10.9. The molecule has 0 aliphatic heterocycles. The van der Waals surface area contributed by atoms with Crippen LogP contribution in [-0.2, 0) is 18.5 Å². The van der Waals surface area contributed by atoms with E-state index in [1.165, 1.54) is 4.88 Å². The van der Waals surface area contributed by atoms with Gasteiger partial charge < -0.3 is 10.6 Å². The molecule has 0 atom stereocenters. The predicted molar refractivity (Wildman–Crippen MR) is 94.7 cm³/mol. The summed E-state index contributed by atoms with van der Waals surface area (Å²) in [6.45, 7) is 9.95. The maximum Gasteiger partial charge on any atom is 0.191 e. The maximum absolute atomic E-state index is 4.67. The zero-order valence-electron chi connectivity index (χ0n) is 13.7. The zero-order chi connectivity index (χ0) is 16.2. The predicted octanol–water partition coefficient (Wildman–Crippen LogP) is 3.07. The van der Waals surface area contributed by atoms with Gasteiger partial charge in [-0.1, -0.05) is 20.8 Å². The average Bonchev–Trinajstić information content (AvgIpc) is 3.07. The van der Waals surface area contributed by atoms with Crippen LogP contribution in [0.15, 0.2) is 16.6 Å². The lowest BCUT2D eigenvalue weighted by molar-refractivity contribution is 0.582. The lowest BCUT2D eigenvalue weighted by Gasteiger charge is -2.13. The number of guanidine groups is 1. The number of hydrogen-bond donors (Lipinski definition) is 2. The van der Waals surface area contributed by atoms with Gasteiger partial charge in [0.25, 0.3) is 0 Å². The molecule has 0 spiro atoms. The highest BCUT2D eigenvalue weighted by atomic mass is 32.1. The average molecular weight is 338 g/mol. The van der Waals surface area contributed by atoms with Crippen LogP contribution in [0.5, 0.6) is 0 Å². The summed E-state index contributed by atoms with van der Waals surface area (Å²) >= 11 is 3.40. The van der Waals surface area contributed by atoms with Gasteiger partial charge in [-0.3, -0.25) is 4.99 Å². The summed E-state index contributed by atoms with van der Waals surface area (Å²) in [6, 6.07) is 0. The van der Waals surface area contributed by atoms with Gasteiger partial charge in [0.1, 0.15) is 5.01 Å². The lowest BCUT2D eigenvalue weighted by Crippen LogP contribution is -2.36. The third kappa shape index (κ3) is 4.78. The first-order valence-electron chi connectivity index (χ1n) is 7.19. The van der Waals surface area contributed by atoms with Gasteiger partial charge in [0.05, 0.1) is 23.8 Å². The zero-order valence-corrected chi connectivity index (χ0v) is 15.4. The van der Waals surface area contributed by atoms with Crippen molar-refractivity contribution in [1.82, 2.24) is 20.6 Å². The van der Waals surface area contributed by atoms with Crippen LogP contribution >= 0.6 is 22.7 Å². The third-order valence-corrected chi connectivity index (χ3v) is 5.16. The molecule has 2 heterocycles. The molecule has 0 radical (unpaired) electrons. The Morgan fingerprint density at radius 3 is 2.55 bits per heavy atom. The molecular formula is C15H23N5S2. The van der Waals surface area contributed by atoms with Crippen LogP contribution in [-0.4, -0.2) is 23.0 Å². The van der Waals surface area contributed by atoms with E-state index in [1.807, 2.05) is 6.20 Å². The summed E-state index contributed by atoms with van der Waals surface area (Å²) in [6.07, 6.45) is 1.89. The molecule has 2 N–H and O–H groups in total. The Hall–Kier alpha value is -1.47. The van der Waals surface area contributed by atoms with Crippen molar-refractivity contribution in [2.75, 3.05) is 7.05 Å². The number of nitrogens with one attached hydrogen (secondary N) is 2. The van der Waals surface area contributed by atoms with E-state index in [0.29, 0.717) is 13.1 Å². The first kappa shape index (κ1) is 16.9. The summed E-state index contributed by atoms with van der Waals surface area (Å²) in [7, 11) is 1.77. The van der Waals surface area contributed by atoms with Gasteiger partial charge in [-0.15, -0.1) is 22.7 Å². The van der Waals surface area contributed by atoms with E-state index in [9.17, 15) is 0 Å². The molecule has 2 aromatic heterocycles. The molecule has 2 rings (SSSR count). The first-order chi connectivity index (χ1) is 10.4. The standard InChI is InChI=1S/C15H23N5S2/c1-10-6-17-12(22-10)8-19-14(16-5)18-7-11-9-21-13(20-11)15(2,3)4/h6,9H,7-8H2,1-5H3,(H2,16,18,19). The maximum atomic E-state index is 4.67. The van der Waals surface area contributed by atoms with Crippen LogP contribution < -0.4 is 10.6 Å².